The van der Waals surface area contributed by atoms with Crippen LogP contribution < -0.4 is 0 Å². The van der Waals surface area contributed by atoms with Crippen LogP contribution in [0.1, 0.15) is 72.5 Å². The fourth-order valence-electron chi connectivity index (χ4n) is 8.16. The number of carbonyl (C=O) groups is 3. The van der Waals surface area contributed by atoms with Gasteiger partial charge in [0, 0.05) is 34.8 Å². The maximum absolute atomic E-state index is 12.9. The molecule has 5 rings (SSSR count). The average Bonchev–Trinajstić information content (AvgIpc) is 3.28. The van der Waals surface area contributed by atoms with Gasteiger partial charge in [0.15, 0.2) is 5.78 Å². The van der Waals surface area contributed by atoms with E-state index in [2.05, 4.69) is 26.8 Å². The lowest BCUT2D eigenvalue weighted by atomic mass is 9.38. The molecule has 7 atom stereocenters. The highest BCUT2D eigenvalue weighted by atomic mass is 16.6. The van der Waals surface area contributed by atoms with E-state index in [1.54, 1.807) is 24.7 Å². The van der Waals surface area contributed by atoms with Crippen LogP contribution in [0.2, 0.25) is 0 Å². The molecule has 6 heteroatoms. The Morgan fingerprint density at radius 1 is 1.12 bits per heavy atom. The third-order valence-corrected chi connectivity index (χ3v) is 9.82. The van der Waals surface area contributed by atoms with Crippen molar-refractivity contribution >= 4 is 17.7 Å². The first-order chi connectivity index (χ1) is 15.8. The smallest absolute Gasteiger partial charge is 0.331 e. The van der Waals surface area contributed by atoms with Crippen LogP contribution in [0, 0.1) is 33.5 Å². The van der Waals surface area contributed by atoms with Crippen molar-refractivity contribution in [3.05, 3.63) is 48.0 Å². The number of ether oxygens (including phenoxy) is 2. The first kappa shape index (κ1) is 23.1. The maximum Gasteiger partial charge on any atom is 0.331 e. The molecular weight excluding hydrogens is 432 g/mol. The van der Waals surface area contributed by atoms with Gasteiger partial charge in [-0.2, -0.15) is 0 Å². The molecule has 2 saturated carbocycles. The number of furan rings is 1. The molecule has 34 heavy (non-hydrogen) atoms. The van der Waals surface area contributed by atoms with Crippen LogP contribution in [-0.2, 0) is 23.9 Å². The van der Waals surface area contributed by atoms with Gasteiger partial charge >= 0.3 is 11.9 Å². The number of rotatable bonds is 2. The van der Waals surface area contributed by atoms with Gasteiger partial charge < -0.3 is 13.9 Å². The fraction of sp³-hybridized carbons (Fsp3) is 0.607. The van der Waals surface area contributed by atoms with Gasteiger partial charge in [-0.3, -0.25) is 9.59 Å². The Bertz CT molecular complexity index is 1110. The van der Waals surface area contributed by atoms with Gasteiger partial charge in [0.2, 0.25) is 0 Å². The predicted octanol–water partition coefficient (Wildman–Crippen LogP) is 5.35. The number of ketones is 1. The summed E-state index contributed by atoms with van der Waals surface area (Å²) in [5.74, 6) is -0.515. The number of esters is 2. The van der Waals surface area contributed by atoms with Gasteiger partial charge in [-0.25, -0.2) is 4.79 Å². The van der Waals surface area contributed by atoms with E-state index in [0.717, 1.165) is 24.0 Å². The first-order valence-corrected chi connectivity index (χ1v) is 12.2. The zero-order valence-electron chi connectivity index (χ0n) is 20.8. The predicted molar refractivity (Wildman–Crippen MR) is 124 cm³/mol. The van der Waals surface area contributed by atoms with Crippen molar-refractivity contribution in [3.8, 4) is 0 Å². The van der Waals surface area contributed by atoms with Crippen molar-refractivity contribution in [2.24, 2.45) is 33.5 Å². The number of carbonyl (C=O) groups excluding carboxylic acids is 3. The Morgan fingerprint density at radius 2 is 1.85 bits per heavy atom. The van der Waals surface area contributed by atoms with Gasteiger partial charge in [-0.15, -0.1) is 0 Å². The summed E-state index contributed by atoms with van der Waals surface area (Å²) in [5.41, 5.74) is -0.0920. The second kappa shape index (κ2) is 7.19. The Labute approximate surface area is 200 Å². The largest absolute Gasteiger partial charge is 0.472 e. The van der Waals surface area contributed by atoms with E-state index < -0.39 is 28.5 Å². The normalized spacial score (nSPS) is 42.6. The lowest BCUT2D eigenvalue weighted by Gasteiger charge is -2.67. The summed E-state index contributed by atoms with van der Waals surface area (Å²) in [6.07, 6.45) is 10.0. The maximum atomic E-state index is 12.9. The van der Waals surface area contributed by atoms with E-state index in [-0.39, 0.29) is 35.0 Å². The Hall–Kier alpha value is -2.63. The van der Waals surface area contributed by atoms with Gasteiger partial charge in [0.05, 0.1) is 12.5 Å². The molecule has 4 aliphatic rings. The minimum Gasteiger partial charge on any atom is -0.472 e. The van der Waals surface area contributed by atoms with Gasteiger partial charge in [-0.1, -0.05) is 40.7 Å². The van der Waals surface area contributed by atoms with Gasteiger partial charge in [-0.05, 0) is 54.2 Å². The van der Waals surface area contributed by atoms with E-state index in [0.29, 0.717) is 6.42 Å². The summed E-state index contributed by atoms with van der Waals surface area (Å²) in [6, 6.07) is 1.85. The highest BCUT2D eigenvalue weighted by Gasteiger charge is 2.69. The van der Waals surface area contributed by atoms with Crippen LogP contribution in [0.15, 0.2) is 46.8 Å². The molecule has 2 fully saturated rings. The minimum absolute atomic E-state index is 0.0186. The molecule has 0 amide bonds. The summed E-state index contributed by atoms with van der Waals surface area (Å²) in [5, 5.41) is 0. The SMILES string of the molecule is CC(=O)O[C@H]1CC2C(C)(C)C(=O)C=C[C@]2(C)[C@H]2CC[C@]3(C)C(=CC(=O)O[C@H]3c3ccoc3)[C@]12C. The summed E-state index contributed by atoms with van der Waals surface area (Å²) in [7, 11) is 0. The molecule has 1 aliphatic heterocycles. The second-order valence-corrected chi connectivity index (χ2v) is 11.9. The summed E-state index contributed by atoms with van der Waals surface area (Å²) in [6.45, 7) is 12.0. The molecule has 1 aromatic heterocycles. The van der Waals surface area contributed by atoms with Crippen LogP contribution in [0.3, 0.4) is 0 Å². The van der Waals surface area contributed by atoms with E-state index in [1.165, 1.54) is 6.92 Å². The van der Waals surface area contributed by atoms with Gasteiger partial charge in [0.1, 0.15) is 12.2 Å². The highest BCUT2D eigenvalue weighted by molar-refractivity contribution is 5.96. The van der Waals surface area contributed by atoms with Crippen molar-refractivity contribution in [1.29, 1.82) is 0 Å². The van der Waals surface area contributed by atoms with Crippen LogP contribution in [0.5, 0.6) is 0 Å². The van der Waals surface area contributed by atoms with Crippen molar-refractivity contribution < 1.29 is 28.3 Å². The van der Waals surface area contributed by atoms with Crippen molar-refractivity contribution in [2.75, 3.05) is 0 Å². The Morgan fingerprint density at radius 3 is 2.50 bits per heavy atom. The first-order valence-electron chi connectivity index (χ1n) is 12.2. The summed E-state index contributed by atoms with van der Waals surface area (Å²) in [4.78, 5) is 38.1. The summed E-state index contributed by atoms with van der Waals surface area (Å²) < 4.78 is 17.3. The molecule has 0 aromatic carbocycles. The quantitative estimate of drug-likeness (QED) is 0.547. The molecule has 182 valence electrons. The zero-order valence-corrected chi connectivity index (χ0v) is 20.8. The number of cyclic esters (lactones) is 1. The molecule has 6 nitrogen and oxygen atoms in total. The van der Waals surface area contributed by atoms with Crippen LogP contribution in [-0.4, -0.2) is 23.8 Å². The van der Waals surface area contributed by atoms with Crippen LogP contribution in [0.25, 0.3) is 0 Å². The average molecular weight is 467 g/mol. The third kappa shape index (κ3) is 2.89. The molecule has 0 spiro atoms. The molecule has 2 heterocycles. The molecule has 1 aromatic rings. The second-order valence-electron chi connectivity index (χ2n) is 11.9. The van der Waals surface area contributed by atoms with Crippen molar-refractivity contribution in [2.45, 2.75) is 73.0 Å². The number of fused-ring (bicyclic) bond motifs is 5. The third-order valence-electron chi connectivity index (χ3n) is 9.82. The lowest BCUT2D eigenvalue weighted by Crippen LogP contribution is -2.65. The lowest BCUT2D eigenvalue weighted by molar-refractivity contribution is -0.195. The van der Waals surface area contributed by atoms with Crippen LogP contribution in [0.4, 0.5) is 0 Å². The Balaban J connectivity index is 1.70. The topological polar surface area (TPSA) is 82.8 Å². The molecule has 3 aliphatic carbocycles. The summed E-state index contributed by atoms with van der Waals surface area (Å²) >= 11 is 0. The van der Waals surface area contributed by atoms with Crippen molar-refractivity contribution in [1.82, 2.24) is 0 Å². The standard InChI is InChI=1S/C28H34O6/c1-16(29)33-22-13-19-25(2,3)21(30)8-11-26(19,4)18-7-10-27(5)20(28(18,22)6)14-23(31)34-24(27)17-9-12-32-15-17/h8-9,11-12,14-15,18-19,22,24H,7,10,13H2,1-6H3/t18-,19?,22+,24+,26-,27-,28-/m1/s1. The molecule has 0 radical (unpaired) electrons. The van der Waals surface area contributed by atoms with Crippen molar-refractivity contribution in [3.63, 3.8) is 0 Å². The minimum atomic E-state index is -0.591. The van der Waals surface area contributed by atoms with Crippen LogP contribution >= 0.6 is 0 Å². The number of hydrogen-bond acceptors (Lipinski definition) is 6. The molecule has 0 bridgehead atoms. The van der Waals surface area contributed by atoms with E-state index in [4.69, 9.17) is 13.9 Å². The zero-order chi connectivity index (χ0) is 24.7. The van der Waals surface area contributed by atoms with E-state index >= 15 is 0 Å². The number of allylic oxidation sites excluding steroid dienone is 2. The fourth-order valence-corrected chi connectivity index (χ4v) is 8.16. The highest BCUT2D eigenvalue weighted by Crippen LogP contribution is 2.71. The molecule has 0 saturated heterocycles. The van der Waals surface area contributed by atoms with Gasteiger partial charge in [0.25, 0.3) is 0 Å². The number of hydrogen-bond donors (Lipinski definition) is 0. The molecule has 1 unspecified atom stereocenters. The van der Waals surface area contributed by atoms with E-state index in [9.17, 15) is 14.4 Å². The monoisotopic (exact) mass is 466 g/mol. The molecule has 0 N–H and O–H groups in total. The van der Waals surface area contributed by atoms with E-state index in [1.807, 2.05) is 19.9 Å². The Kier molecular flexibility index (Phi) is 4.89. The molecular formula is C28H34O6.